The van der Waals surface area contributed by atoms with Crippen LogP contribution in [0.2, 0.25) is 0 Å². The van der Waals surface area contributed by atoms with E-state index in [1.54, 1.807) is 0 Å². The highest BCUT2D eigenvalue weighted by molar-refractivity contribution is 6.15. The van der Waals surface area contributed by atoms with Crippen molar-refractivity contribution in [3.05, 3.63) is 77.7 Å². The lowest BCUT2D eigenvalue weighted by molar-refractivity contribution is 0.560. The highest BCUT2D eigenvalue weighted by atomic mass is 16.3. The van der Waals surface area contributed by atoms with Crippen molar-refractivity contribution in [2.75, 3.05) is 0 Å². The first-order valence-corrected chi connectivity index (χ1v) is 12.5. The molecule has 3 aromatic carbocycles. The molecule has 0 amide bonds. The van der Waals surface area contributed by atoms with E-state index in [0.717, 1.165) is 56.3 Å². The Bertz CT molecular complexity index is 1740. The van der Waals surface area contributed by atoms with E-state index in [1.807, 2.05) is 12.3 Å². The number of hydrogen-bond donors (Lipinski definition) is 0. The van der Waals surface area contributed by atoms with Crippen LogP contribution in [0.15, 0.2) is 69.6 Å². The van der Waals surface area contributed by atoms with E-state index in [2.05, 4.69) is 90.1 Å². The van der Waals surface area contributed by atoms with Crippen LogP contribution in [0.4, 0.5) is 0 Å². The predicted molar refractivity (Wildman–Crippen MR) is 146 cm³/mol. The van der Waals surface area contributed by atoms with E-state index in [-0.39, 0.29) is 5.41 Å². The number of rotatable bonds is 3. The Labute approximate surface area is 205 Å². The Kier molecular flexibility index (Phi) is 4.83. The molecule has 35 heavy (non-hydrogen) atoms. The molecule has 0 spiro atoms. The van der Waals surface area contributed by atoms with Crippen LogP contribution in [0.25, 0.3) is 54.9 Å². The molecule has 0 aliphatic rings. The van der Waals surface area contributed by atoms with Crippen molar-refractivity contribution < 1.29 is 8.83 Å². The van der Waals surface area contributed by atoms with Crippen molar-refractivity contribution in [3.63, 3.8) is 0 Å². The first kappa shape index (κ1) is 21.9. The number of nitrogens with zero attached hydrogens (tertiary/aromatic N) is 1. The second kappa shape index (κ2) is 7.71. The molecule has 3 nitrogen and oxygen atoms in total. The van der Waals surface area contributed by atoms with E-state index >= 15 is 0 Å². The lowest BCUT2D eigenvalue weighted by atomic mass is 9.82. The molecule has 0 unspecified atom stereocenters. The minimum absolute atomic E-state index is 0.00660. The Morgan fingerprint density at radius 3 is 2.34 bits per heavy atom. The second-order valence-electron chi connectivity index (χ2n) is 11.2. The van der Waals surface area contributed by atoms with Crippen molar-refractivity contribution in [1.82, 2.24) is 4.98 Å². The molecule has 3 heteroatoms. The van der Waals surface area contributed by atoms with Gasteiger partial charge in [-0.2, -0.15) is 0 Å². The smallest absolute Gasteiger partial charge is 0.139 e. The molecule has 0 radical (unpaired) electrons. The van der Waals surface area contributed by atoms with Gasteiger partial charge in [0, 0.05) is 28.1 Å². The number of aryl methyl sites for hydroxylation is 1. The summed E-state index contributed by atoms with van der Waals surface area (Å²) in [4.78, 5) is 4.88. The van der Waals surface area contributed by atoms with Crippen molar-refractivity contribution in [2.24, 2.45) is 5.92 Å². The van der Waals surface area contributed by atoms with E-state index in [0.29, 0.717) is 5.92 Å². The summed E-state index contributed by atoms with van der Waals surface area (Å²) in [5.41, 5.74) is 7.30. The van der Waals surface area contributed by atoms with Gasteiger partial charge in [-0.15, -0.1) is 0 Å². The summed E-state index contributed by atoms with van der Waals surface area (Å²) >= 11 is 0. The molecular weight excluding hydrogens is 430 g/mol. The maximum Gasteiger partial charge on any atom is 0.139 e. The largest absolute Gasteiger partial charge is 0.461 e. The second-order valence-corrected chi connectivity index (χ2v) is 11.2. The van der Waals surface area contributed by atoms with E-state index in [1.165, 1.54) is 21.9 Å². The molecule has 3 aromatic heterocycles. The molecule has 0 saturated heterocycles. The van der Waals surface area contributed by atoms with Gasteiger partial charge in [-0.1, -0.05) is 58.9 Å². The number of pyridine rings is 1. The normalized spacial score (nSPS) is 12.7. The molecule has 0 atom stereocenters. The Morgan fingerprint density at radius 2 is 1.57 bits per heavy atom. The van der Waals surface area contributed by atoms with Crippen LogP contribution in [0.3, 0.4) is 0 Å². The van der Waals surface area contributed by atoms with Gasteiger partial charge in [0.2, 0.25) is 0 Å². The molecular formula is C32H31NO2. The third-order valence-electron chi connectivity index (χ3n) is 7.05. The minimum Gasteiger partial charge on any atom is -0.461 e. The topological polar surface area (TPSA) is 39.2 Å². The maximum absolute atomic E-state index is 6.40. The molecule has 3 heterocycles. The van der Waals surface area contributed by atoms with E-state index in [4.69, 9.17) is 13.8 Å². The van der Waals surface area contributed by atoms with Gasteiger partial charge in [-0.3, -0.25) is 4.98 Å². The van der Waals surface area contributed by atoms with E-state index < -0.39 is 0 Å². The Balaban J connectivity index is 1.65. The summed E-state index contributed by atoms with van der Waals surface area (Å²) < 4.78 is 12.6. The van der Waals surface area contributed by atoms with Gasteiger partial charge >= 0.3 is 0 Å². The number of fused-ring (bicyclic) bond motifs is 5. The van der Waals surface area contributed by atoms with Crippen LogP contribution in [0.1, 0.15) is 51.5 Å². The average Bonchev–Trinajstić information content (AvgIpc) is 3.32. The first-order valence-electron chi connectivity index (χ1n) is 12.5. The van der Waals surface area contributed by atoms with Crippen LogP contribution in [-0.4, -0.2) is 4.98 Å². The third-order valence-corrected chi connectivity index (χ3v) is 7.05. The zero-order valence-electron chi connectivity index (χ0n) is 21.3. The highest BCUT2D eigenvalue weighted by Crippen LogP contribution is 2.41. The lowest BCUT2D eigenvalue weighted by Crippen LogP contribution is -2.12. The standard InChI is InChI=1S/C32H31NO2/c1-18(2)13-23-19(3)34-28-17-25-29(16-24(23)28)35-27-11-12-33-31(30(25)27)21-14-20-9-7-8-10-22(20)26(15-21)32(4,5)6/h7-12,14-18H,13H2,1-6H3. The molecule has 176 valence electrons. The number of benzene rings is 3. The predicted octanol–water partition coefficient (Wildman–Crippen LogP) is 9.35. The van der Waals surface area contributed by atoms with Gasteiger partial charge in [0.1, 0.15) is 22.5 Å². The van der Waals surface area contributed by atoms with Crippen LogP contribution in [0.5, 0.6) is 0 Å². The fourth-order valence-corrected chi connectivity index (χ4v) is 5.43. The Hall–Kier alpha value is -3.59. The van der Waals surface area contributed by atoms with Crippen LogP contribution < -0.4 is 0 Å². The molecule has 6 rings (SSSR count). The monoisotopic (exact) mass is 461 g/mol. The summed E-state index contributed by atoms with van der Waals surface area (Å²) in [5.74, 6) is 1.55. The number of hydrogen-bond acceptors (Lipinski definition) is 3. The SMILES string of the molecule is Cc1oc2cc3c(cc2c1CC(C)C)oc1ccnc(-c2cc(C(C)(C)C)c4ccccc4c2)c13. The fraction of sp³-hybridized carbons (Fsp3) is 0.281. The minimum atomic E-state index is 0.00660. The molecule has 0 aliphatic carbocycles. The van der Waals surface area contributed by atoms with Crippen molar-refractivity contribution >= 4 is 43.7 Å². The Morgan fingerprint density at radius 1 is 0.829 bits per heavy atom. The van der Waals surface area contributed by atoms with Gasteiger partial charge in [-0.25, -0.2) is 0 Å². The van der Waals surface area contributed by atoms with Crippen molar-refractivity contribution in [1.29, 1.82) is 0 Å². The zero-order chi connectivity index (χ0) is 24.5. The molecule has 0 fully saturated rings. The quantitative estimate of drug-likeness (QED) is 0.263. The average molecular weight is 462 g/mol. The summed E-state index contributed by atoms with van der Waals surface area (Å²) in [5, 5.41) is 5.75. The van der Waals surface area contributed by atoms with Crippen LogP contribution in [0, 0.1) is 12.8 Å². The summed E-state index contributed by atoms with van der Waals surface area (Å²) in [6.07, 6.45) is 2.84. The summed E-state index contributed by atoms with van der Waals surface area (Å²) in [6.45, 7) is 13.4. The van der Waals surface area contributed by atoms with Crippen LogP contribution in [-0.2, 0) is 11.8 Å². The molecule has 0 N–H and O–H groups in total. The van der Waals surface area contributed by atoms with Gasteiger partial charge in [0.25, 0.3) is 0 Å². The molecule has 0 bridgehead atoms. The van der Waals surface area contributed by atoms with Crippen molar-refractivity contribution in [3.8, 4) is 11.3 Å². The molecule has 6 aromatic rings. The zero-order valence-corrected chi connectivity index (χ0v) is 21.3. The van der Waals surface area contributed by atoms with Gasteiger partial charge in [-0.05, 0) is 71.3 Å². The highest BCUT2D eigenvalue weighted by Gasteiger charge is 2.22. The number of aromatic nitrogens is 1. The summed E-state index contributed by atoms with van der Waals surface area (Å²) in [7, 11) is 0. The lowest BCUT2D eigenvalue weighted by Gasteiger charge is -2.22. The number of furan rings is 2. The first-order chi connectivity index (χ1) is 16.7. The van der Waals surface area contributed by atoms with Crippen molar-refractivity contribution in [2.45, 2.75) is 53.4 Å². The third kappa shape index (κ3) is 3.53. The maximum atomic E-state index is 6.40. The van der Waals surface area contributed by atoms with E-state index in [9.17, 15) is 0 Å². The molecule has 0 aliphatic heterocycles. The molecule has 0 saturated carbocycles. The van der Waals surface area contributed by atoms with Gasteiger partial charge < -0.3 is 8.83 Å². The van der Waals surface area contributed by atoms with Gasteiger partial charge in [0.05, 0.1) is 11.1 Å². The van der Waals surface area contributed by atoms with Gasteiger partial charge in [0.15, 0.2) is 0 Å². The summed E-state index contributed by atoms with van der Waals surface area (Å²) in [6, 6.07) is 19.4. The van der Waals surface area contributed by atoms with Crippen LogP contribution >= 0.6 is 0 Å². The fourth-order valence-electron chi connectivity index (χ4n) is 5.43.